The lowest BCUT2D eigenvalue weighted by Crippen LogP contribution is -2.36. The first-order valence-electron chi connectivity index (χ1n) is 6.73. The van der Waals surface area contributed by atoms with Crippen molar-refractivity contribution in [1.29, 1.82) is 0 Å². The molecule has 0 heterocycles. The Bertz CT molecular complexity index is 432. The molecule has 0 aliphatic carbocycles. The average molecular weight is 281 g/mol. The van der Waals surface area contributed by atoms with E-state index in [0.29, 0.717) is 12.3 Å². The maximum Gasteiger partial charge on any atom is 0.257 e. The molecular formula is C15H23NO4. The number of ether oxygens (including phenoxy) is 1. The van der Waals surface area contributed by atoms with Gasteiger partial charge in [-0.05, 0) is 30.4 Å². The molecule has 3 N–H and O–H groups in total. The van der Waals surface area contributed by atoms with Crippen molar-refractivity contribution in [1.82, 2.24) is 5.32 Å². The smallest absolute Gasteiger partial charge is 0.257 e. The van der Waals surface area contributed by atoms with Gasteiger partial charge in [0.05, 0.1) is 0 Å². The zero-order valence-electron chi connectivity index (χ0n) is 12.1. The van der Waals surface area contributed by atoms with Crippen molar-refractivity contribution in [3.05, 3.63) is 24.3 Å². The Labute approximate surface area is 119 Å². The van der Waals surface area contributed by atoms with Crippen LogP contribution in [-0.2, 0) is 4.79 Å². The number of amides is 1. The lowest BCUT2D eigenvalue weighted by atomic mass is 9.88. The average Bonchev–Trinajstić information content (AvgIpc) is 2.42. The summed E-state index contributed by atoms with van der Waals surface area (Å²) < 4.78 is 5.24. The highest BCUT2D eigenvalue weighted by Gasteiger charge is 2.18. The fraction of sp³-hybridized carbons (Fsp3) is 0.533. The van der Waals surface area contributed by atoms with Gasteiger partial charge in [0.15, 0.2) is 18.1 Å². The molecule has 5 nitrogen and oxygen atoms in total. The van der Waals surface area contributed by atoms with Gasteiger partial charge in [-0.25, -0.2) is 0 Å². The highest BCUT2D eigenvalue weighted by molar-refractivity contribution is 5.77. The van der Waals surface area contributed by atoms with Gasteiger partial charge in [0.25, 0.3) is 5.91 Å². The molecule has 0 fully saturated rings. The number of phenols is 1. The van der Waals surface area contributed by atoms with Crippen molar-refractivity contribution >= 4 is 5.91 Å². The number of phenolic OH excluding ortho intramolecular Hbond substituents is 1. The number of aliphatic hydroxyl groups is 1. The Kier molecular flexibility index (Phi) is 6.31. The van der Waals surface area contributed by atoms with Crippen molar-refractivity contribution in [2.24, 2.45) is 5.41 Å². The number of aliphatic hydroxyl groups excluding tert-OH is 1. The van der Waals surface area contributed by atoms with Crippen LogP contribution in [0.2, 0.25) is 0 Å². The summed E-state index contributed by atoms with van der Waals surface area (Å²) in [4.78, 5) is 11.7. The van der Waals surface area contributed by atoms with Gasteiger partial charge in [0, 0.05) is 13.2 Å². The minimum absolute atomic E-state index is 0.0172. The van der Waals surface area contributed by atoms with E-state index in [-0.39, 0.29) is 30.3 Å². The van der Waals surface area contributed by atoms with Crippen LogP contribution in [0, 0.1) is 5.41 Å². The van der Waals surface area contributed by atoms with Crippen LogP contribution in [0.1, 0.15) is 26.7 Å². The van der Waals surface area contributed by atoms with Crippen LogP contribution in [0.4, 0.5) is 0 Å². The van der Waals surface area contributed by atoms with Crippen LogP contribution >= 0.6 is 0 Å². The molecule has 20 heavy (non-hydrogen) atoms. The van der Waals surface area contributed by atoms with Crippen LogP contribution < -0.4 is 10.1 Å². The highest BCUT2D eigenvalue weighted by Crippen LogP contribution is 2.24. The standard InChI is InChI=1S/C15H23NO4/c1-15(2,8-5-9-17)11-16-14(19)10-20-13-7-4-3-6-12(13)18/h3-4,6-7,17-18H,5,8-11H2,1-2H3,(H,16,19). The number of aromatic hydroxyl groups is 1. The number of benzene rings is 1. The van der Waals surface area contributed by atoms with Gasteiger partial charge in [-0.2, -0.15) is 0 Å². The number of carbonyl (C=O) groups is 1. The van der Waals surface area contributed by atoms with Gasteiger partial charge in [-0.3, -0.25) is 4.79 Å². The van der Waals surface area contributed by atoms with E-state index < -0.39 is 0 Å². The fourth-order valence-corrected chi connectivity index (χ4v) is 1.76. The predicted octanol–water partition coefficient (Wildman–Crippen LogP) is 1.69. The van der Waals surface area contributed by atoms with E-state index in [2.05, 4.69) is 5.32 Å². The molecule has 0 aromatic heterocycles. The maximum absolute atomic E-state index is 11.7. The van der Waals surface area contributed by atoms with Gasteiger partial charge in [0.2, 0.25) is 0 Å². The van der Waals surface area contributed by atoms with E-state index in [1.54, 1.807) is 18.2 Å². The molecule has 112 valence electrons. The third kappa shape index (κ3) is 5.93. The van der Waals surface area contributed by atoms with E-state index in [1.807, 2.05) is 13.8 Å². The van der Waals surface area contributed by atoms with Crippen molar-refractivity contribution in [2.75, 3.05) is 19.8 Å². The molecule has 0 saturated heterocycles. The number of hydrogen-bond acceptors (Lipinski definition) is 4. The maximum atomic E-state index is 11.7. The van der Waals surface area contributed by atoms with Gasteiger partial charge in [-0.1, -0.05) is 26.0 Å². The quantitative estimate of drug-likeness (QED) is 0.677. The Balaban J connectivity index is 2.32. The van der Waals surface area contributed by atoms with Crippen LogP contribution in [0.5, 0.6) is 11.5 Å². The Morgan fingerprint density at radius 2 is 2.05 bits per heavy atom. The van der Waals surface area contributed by atoms with Crippen LogP contribution in [0.3, 0.4) is 0 Å². The minimum atomic E-state index is -0.231. The second-order valence-corrected chi connectivity index (χ2v) is 5.52. The first-order chi connectivity index (χ1) is 9.44. The molecule has 0 radical (unpaired) electrons. The van der Waals surface area contributed by atoms with Crippen LogP contribution in [0.15, 0.2) is 24.3 Å². The van der Waals surface area contributed by atoms with Crippen LogP contribution in [-0.4, -0.2) is 35.9 Å². The van der Waals surface area contributed by atoms with Crippen molar-refractivity contribution < 1.29 is 19.7 Å². The molecule has 0 spiro atoms. The van der Waals surface area contributed by atoms with Gasteiger partial charge in [0.1, 0.15) is 0 Å². The molecule has 1 aromatic carbocycles. The van der Waals surface area contributed by atoms with Crippen molar-refractivity contribution in [2.45, 2.75) is 26.7 Å². The number of rotatable bonds is 8. The van der Waals surface area contributed by atoms with E-state index in [0.717, 1.165) is 12.8 Å². The molecule has 1 amide bonds. The molecule has 0 aliphatic heterocycles. The second kappa shape index (κ2) is 7.75. The summed E-state index contributed by atoms with van der Waals surface area (Å²) in [6.07, 6.45) is 1.56. The van der Waals surface area contributed by atoms with Gasteiger partial charge < -0.3 is 20.3 Å². The lowest BCUT2D eigenvalue weighted by Gasteiger charge is -2.24. The third-order valence-electron chi connectivity index (χ3n) is 3.00. The fourth-order valence-electron chi connectivity index (χ4n) is 1.76. The number of hydrogen-bond donors (Lipinski definition) is 3. The normalized spacial score (nSPS) is 11.2. The summed E-state index contributed by atoms with van der Waals surface area (Å²) >= 11 is 0. The van der Waals surface area contributed by atoms with E-state index >= 15 is 0 Å². The van der Waals surface area contributed by atoms with Crippen molar-refractivity contribution in [3.63, 3.8) is 0 Å². The second-order valence-electron chi connectivity index (χ2n) is 5.52. The Morgan fingerprint density at radius 3 is 2.70 bits per heavy atom. The predicted molar refractivity (Wildman–Crippen MR) is 76.7 cm³/mol. The summed E-state index contributed by atoms with van der Waals surface area (Å²) in [5.74, 6) is 0.0797. The summed E-state index contributed by atoms with van der Waals surface area (Å²) in [6.45, 7) is 4.62. The van der Waals surface area contributed by atoms with E-state index in [1.165, 1.54) is 6.07 Å². The molecule has 0 aliphatic rings. The zero-order valence-corrected chi connectivity index (χ0v) is 12.1. The van der Waals surface area contributed by atoms with Gasteiger partial charge in [-0.15, -0.1) is 0 Å². The SMILES string of the molecule is CC(C)(CCCO)CNC(=O)COc1ccccc1O. The molecule has 1 rings (SSSR count). The molecule has 5 heteroatoms. The van der Waals surface area contributed by atoms with E-state index in [4.69, 9.17) is 9.84 Å². The first-order valence-corrected chi connectivity index (χ1v) is 6.73. The number of nitrogens with one attached hydrogen (secondary N) is 1. The summed E-state index contributed by atoms with van der Waals surface area (Å²) in [5, 5.41) is 21.1. The summed E-state index contributed by atoms with van der Waals surface area (Å²) in [7, 11) is 0. The highest BCUT2D eigenvalue weighted by atomic mass is 16.5. The monoisotopic (exact) mass is 281 g/mol. The van der Waals surface area contributed by atoms with Gasteiger partial charge >= 0.3 is 0 Å². The van der Waals surface area contributed by atoms with Crippen molar-refractivity contribution in [3.8, 4) is 11.5 Å². The zero-order chi connectivity index (χ0) is 15.0. The molecule has 0 saturated carbocycles. The molecule has 0 bridgehead atoms. The third-order valence-corrected chi connectivity index (χ3v) is 3.00. The topological polar surface area (TPSA) is 78.8 Å². The van der Waals surface area contributed by atoms with Crippen LogP contribution in [0.25, 0.3) is 0 Å². The number of carbonyl (C=O) groups excluding carboxylic acids is 1. The summed E-state index contributed by atoms with van der Waals surface area (Å²) in [5.41, 5.74) is -0.0622. The number of para-hydroxylation sites is 2. The molecule has 0 unspecified atom stereocenters. The Hall–Kier alpha value is -1.75. The molecular weight excluding hydrogens is 258 g/mol. The summed E-state index contributed by atoms with van der Waals surface area (Å²) in [6, 6.07) is 6.52. The first kappa shape index (κ1) is 16.3. The van der Waals surface area contributed by atoms with E-state index in [9.17, 15) is 9.90 Å². The molecule has 1 aromatic rings. The lowest BCUT2D eigenvalue weighted by molar-refractivity contribution is -0.123. The molecule has 0 atom stereocenters. The minimum Gasteiger partial charge on any atom is -0.504 e. The Morgan fingerprint density at radius 1 is 1.35 bits per heavy atom. The largest absolute Gasteiger partial charge is 0.504 e.